The van der Waals surface area contributed by atoms with Gasteiger partial charge in [-0.25, -0.2) is 0 Å². The molecule has 0 aromatic heterocycles. The Morgan fingerprint density at radius 2 is 1.00 bits per heavy atom. The number of urea groups is 1. The molecule has 142 valence electrons. The molecular weight excluding hydrogens is 328 g/mol. The number of carbonyl (C=O) groups is 1. The molecule has 3 nitrogen and oxygen atoms in total. The largest absolute Gasteiger partial charge is 0.351 e. The van der Waals surface area contributed by atoms with E-state index in [9.17, 15) is 4.79 Å². The third kappa shape index (κ3) is 3.11. The molecular formula is C19H42N2OSi2. The lowest BCUT2D eigenvalue weighted by Crippen LogP contribution is -2.62. The van der Waals surface area contributed by atoms with Crippen molar-refractivity contribution >= 4 is 22.5 Å². The molecule has 0 saturated carbocycles. The minimum absolute atomic E-state index is 0.206. The topological polar surface area (TPSA) is 23.6 Å². The van der Waals surface area contributed by atoms with Crippen LogP contribution in [0.15, 0.2) is 0 Å². The van der Waals surface area contributed by atoms with E-state index in [2.05, 4.69) is 90.7 Å². The van der Waals surface area contributed by atoms with Gasteiger partial charge in [-0.2, -0.15) is 0 Å². The summed E-state index contributed by atoms with van der Waals surface area (Å²) in [4.78, 5) is 13.5. The van der Waals surface area contributed by atoms with Crippen LogP contribution in [0.25, 0.3) is 0 Å². The van der Waals surface area contributed by atoms with Gasteiger partial charge in [0.15, 0.2) is 16.5 Å². The van der Waals surface area contributed by atoms with Crippen LogP contribution in [0.5, 0.6) is 0 Å². The fourth-order valence-electron chi connectivity index (χ4n) is 3.68. The number of hydrogen-bond donors (Lipinski definition) is 0. The number of amides is 2. The summed E-state index contributed by atoms with van der Waals surface area (Å²) >= 11 is 0. The van der Waals surface area contributed by atoms with Crippen molar-refractivity contribution < 1.29 is 4.79 Å². The van der Waals surface area contributed by atoms with E-state index >= 15 is 0 Å². The SMILES string of the molecule is CC(C)C(C)(C)[Si](C)(C)N1CCN([Si](C)(C)C(C)(C)C(C)C)C1=O. The van der Waals surface area contributed by atoms with E-state index < -0.39 is 16.5 Å². The van der Waals surface area contributed by atoms with Gasteiger partial charge in [-0.15, -0.1) is 0 Å². The molecule has 1 aliphatic heterocycles. The Kier molecular flexibility index (Phi) is 5.85. The molecule has 0 unspecified atom stereocenters. The van der Waals surface area contributed by atoms with E-state index in [0.717, 1.165) is 13.1 Å². The van der Waals surface area contributed by atoms with Crippen LogP contribution >= 0.6 is 0 Å². The van der Waals surface area contributed by atoms with E-state index in [4.69, 9.17) is 0 Å². The lowest BCUT2D eigenvalue weighted by Gasteiger charge is -2.50. The Morgan fingerprint density at radius 3 is 1.21 bits per heavy atom. The molecule has 1 saturated heterocycles. The Bertz CT molecular complexity index is 440. The average molecular weight is 371 g/mol. The van der Waals surface area contributed by atoms with Gasteiger partial charge < -0.3 is 9.13 Å². The zero-order valence-corrected chi connectivity index (χ0v) is 20.4. The van der Waals surface area contributed by atoms with E-state index in [-0.39, 0.29) is 10.1 Å². The van der Waals surface area contributed by atoms with E-state index in [0.29, 0.717) is 17.9 Å². The van der Waals surface area contributed by atoms with Gasteiger partial charge in [-0.1, -0.05) is 81.6 Å². The second-order valence-electron chi connectivity index (χ2n) is 10.5. The van der Waals surface area contributed by atoms with Gasteiger partial charge in [0.25, 0.3) is 0 Å². The fraction of sp³-hybridized carbons (Fsp3) is 0.947. The van der Waals surface area contributed by atoms with Crippen molar-refractivity contribution in [2.24, 2.45) is 11.8 Å². The van der Waals surface area contributed by atoms with Crippen molar-refractivity contribution in [2.45, 2.75) is 91.7 Å². The van der Waals surface area contributed by atoms with Crippen LogP contribution < -0.4 is 0 Å². The van der Waals surface area contributed by atoms with Crippen LogP contribution in [0, 0.1) is 11.8 Å². The molecule has 0 aromatic carbocycles. The molecule has 0 aliphatic carbocycles. The molecule has 24 heavy (non-hydrogen) atoms. The maximum Gasteiger partial charge on any atom is 0.304 e. The van der Waals surface area contributed by atoms with Gasteiger partial charge in [0.1, 0.15) is 0 Å². The minimum atomic E-state index is -1.87. The van der Waals surface area contributed by atoms with E-state index in [1.807, 2.05) is 0 Å². The number of hydrogen-bond acceptors (Lipinski definition) is 1. The zero-order chi connectivity index (χ0) is 19.3. The zero-order valence-electron chi connectivity index (χ0n) is 18.4. The first-order chi connectivity index (χ1) is 10.5. The third-order valence-corrected chi connectivity index (χ3v) is 19.4. The Morgan fingerprint density at radius 1 is 0.750 bits per heavy atom. The van der Waals surface area contributed by atoms with Crippen LogP contribution in [0.1, 0.15) is 55.4 Å². The first kappa shape index (κ1) is 21.7. The summed E-state index contributed by atoms with van der Waals surface area (Å²) < 4.78 is 4.58. The maximum atomic E-state index is 13.5. The third-order valence-electron chi connectivity index (χ3n) is 8.40. The second kappa shape index (κ2) is 6.46. The highest BCUT2D eigenvalue weighted by atomic mass is 28.3. The predicted molar refractivity (Wildman–Crippen MR) is 112 cm³/mol. The lowest BCUT2D eigenvalue weighted by atomic mass is 9.99. The summed E-state index contributed by atoms with van der Waals surface area (Å²) in [7, 11) is -3.73. The Labute approximate surface area is 153 Å². The molecule has 0 bridgehead atoms. The predicted octanol–water partition coefficient (Wildman–Crippen LogP) is 6.01. The van der Waals surface area contributed by atoms with Crippen molar-refractivity contribution in [1.82, 2.24) is 9.13 Å². The van der Waals surface area contributed by atoms with Gasteiger partial charge in [-0.3, -0.25) is 4.79 Å². The van der Waals surface area contributed by atoms with Crippen LogP contribution in [-0.4, -0.2) is 44.7 Å². The monoisotopic (exact) mass is 370 g/mol. The molecule has 5 heteroatoms. The first-order valence-electron chi connectivity index (χ1n) is 9.62. The summed E-state index contributed by atoms with van der Waals surface area (Å²) in [5.41, 5.74) is 0. The van der Waals surface area contributed by atoms with Crippen LogP contribution in [-0.2, 0) is 0 Å². The molecule has 0 spiro atoms. The second-order valence-corrected chi connectivity index (χ2v) is 20.3. The number of nitrogens with zero attached hydrogens (tertiary/aromatic N) is 2. The van der Waals surface area contributed by atoms with Crippen molar-refractivity contribution in [3.63, 3.8) is 0 Å². The number of carbonyl (C=O) groups excluding carboxylic acids is 1. The Hall–Kier alpha value is -0.296. The average Bonchev–Trinajstić information content (AvgIpc) is 2.80. The van der Waals surface area contributed by atoms with Gasteiger partial charge in [0, 0.05) is 13.1 Å². The normalized spacial score (nSPS) is 18.3. The molecule has 0 aromatic rings. The van der Waals surface area contributed by atoms with Crippen LogP contribution in [0.3, 0.4) is 0 Å². The summed E-state index contributed by atoms with van der Waals surface area (Å²) in [6.07, 6.45) is 0. The highest BCUT2D eigenvalue weighted by Gasteiger charge is 2.55. The quantitative estimate of drug-likeness (QED) is 0.525. The smallest absolute Gasteiger partial charge is 0.304 e. The summed E-state index contributed by atoms with van der Waals surface area (Å²) in [6, 6.07) is 0.325. The summed E-state index contributed by atoms with van der Waals surface area (Å²) in [5.74, 6) is 1.16. The fourth-order valence-corrected chi connectivity index (χ4v) is 10.5. The lowest BCUT2D eigenvalue weighted by molar-refractivity contribution is 0.217. The highest BCUT2D eigenvalue weighted by Crippen LogP contribution is 2.49. The van der Waals surface area contributed by atoms with Crippen molar-refractivity contribution in [3.8, 4) is 0 Å². The molecule has 0 atom stereocenters. The van der Waals surface area contributed by atoms with E-state index in [1.54, 1.807) is 0 Å². The van der Waals surface area contributed by atoms with Gasteiger partial charge in [0.05, 0.1) is 0 Å². The van der Waals surface area contributed by atoms with Crippen LogP contribution in [0.2, 0.25) is 36.3 Å². The summed E-state index contributed by atoms with van der Waals surface area (Å²) in [5, 5.41) is 0.413. The van der Waals surface area contributed by atoms with Gasteiger partial charge >= 0.3 is 6.03 Å². The standard InChI is InChI=1S/C19H42N2OSi2/c1-15(2)18(5,6)23(9,10)20-13-14-21(17(20)22)24(11,12)19(7,8)16(3)4/h15-16H,13-14H2,1-12H3. The van der Waals surface area contributed by atoms with Crippen molar-refractivity contribution in [3.05, 3.63) is 0 Å². The molecule has 0 N–H and O–H groups in total. The molecule has 0 radical (unpaired) electrons. The van der Waals surface area contributed by atoms with Crippen molar-refractivity contribution in [1.29, 1.82) is 0 Å². The van der Waals surface area contributed by atoms with Crippen LogP contribution in [0.4, 0.5) is 4.79 Å². The number of rotatable bonds is 6. The molecule has 1 aliphatic rings. The molecule has 1 heterocycles. The highest BCUT2D eigenvalue weighted by molar-refractivity contribution is 6.83. The Balaban J connectivity index is 3.17. The van der Waals surface area contributed by atoms with Crippen molar-refractivity contribution in [2.75, 3.05) is 13.1 Å². The maximum absolute atomic E-state index is 13.5. The molecule has 2 amide bonds. The van der Waals surface area contributed by atoms with E-state index in [1.165, 1.54) is 0 Å². The molecule has 1 fully saturated rings. The van der Waals surface area contributed by atoms with Gasteiger partial charge in [-0.05, 0) is 21.9 Å². The molecule has 1 rings (SSSR count). The summed E-state index contributed by atoms with van der Waals surface area (Å²) in [6.45, 7) is 30.0. The van der Waals surface area contributed by atoms with Gasteiger partial charge in [0.2, 0.25) is 0 Å². The minimum Gasteiger partial charge on any atom is -0.351 e. The first-order valence-corrected chi connectivity index (χ1v) is 15.5.